The van der Waals surface area contributed by atoms with Gasteiger partial charge in [0.1, 0.15) is 25.7 Å². The number of anilines is 2. The summed E-state index contributed by atoms with van der Waals surface area (Å²) in [6.45, 7) is 6.11. The number of hydrogen-bond donors (Lipinski definition) is 2. The first-order valence-electron chi connectivity index (χ1n) is 52.1. The van der Waals surface area contributed by atoms with Gasteiger partial charge in [-0.1, -0.05) is 147 Å². The maximum atomic E-state index is 13.8. The number of carbonyl (C=O) groups excluding carboxylic acids is 8. The van der Waals surface area contributed by atoms with E-state index in [4.69, 9.17) is 4.74 Å². The average molecular weight is 1930 g/mol. The minimum Gasteiger partial charge on any atom is -0.481 e. The zero-order valence-corrected chi connectivity index (χ0v) is 85.0. The van der Waals surface area contributed by atoms with E-state index in [9.17, 15) is 38.4 Å². The molecule has 20 rings (SSSR count). The molecule has 31 heteroatoms. The van der Waals surface area contributed by atoms with Crippen LogP contribution in [0.5, 0.6) is 5.88 Å². The van der Waals surface area contributed by atoms with Crippen molar-refractivity contribution in [2.24, 2.45) is 23.7 Å². The Bertz CT molecular complexity index is 5170. The van der Waals surface area contributed by atoms with E-state index in [0.29, 0.717) is 72.9 Å². The second kappa shape index (κ2) is 44.2. The van der Waals surface area contributed by atoms with Crippen LogP contribution >= 0.6 is 0 Å². The number of nitrogens with one attached hydrogen (secondary N) is 2. The van der Waals surface area contributed by atoms with Gasteiger partial charge in [-0.15, -0.1) is 5.10 Å². The van der Waals surface area contributed by atoms with E-state index < -0.39 is 0 Å². The molecule has 2 N–H and O–H groups in total. The topological polar surface area (TPSA) is 312 Å². The van der Waals surface area contributed by atoms with E-state index in [2.05, 4.69) is 268 Å². The predicted octanol–water partition coefficient (Wildman–Crippen LogP) is 15.2. The molecule has 10 amide bonds. The largest absolute Gasteiger partial charge is 0.481 e. The number of rotatable bonds is 31. The quantitative estimate of drug-likeness (QED) is 0.0408. The number of urea groups is 4. The van der Waals surface area contributed by atoms with Crippen LogP contribution in [0, 0.1) is 23.7 Å². The Hall–Kier alpha value is -11.8. The molecule has 0 atom stereocenters. The number of ether oxygens (including phenoxy) is 1. The van der Waals surface area contributed by atoms with Gasteiger partial charge in [0.25, 0.3) is 0 Å². The zero-order valence-electron chi connectivity index (χ0n) is 85.0. The average Bonchev–Trinajstić information content (AvgIpc) is 1.56. The van der Waals surface area contributed by atoms with Gasteiger partial charge in [0.2, 0.25) is 17.7 Å². The molecule has 8 aliphatic carbocycles. The van der Waals surface area contributed by atoms with Crippen LogP contribution < -0.4 is 15.4 Å². The fraction of sp³-hybridized carbons (Fsp3) is 0.568. The molecule has 0 unspecified atom stereocenters. The van der Waals surface area contributed by atoms with Crippen LogP contribution in [-0.4, -0.2) is 311 Å². The lowest BCUT2D eigenvalue weighted by Gasteiger charge is -2.51. The highest BCUT2D eigenvalue weighted by Crippen LogP contribution is 2.56. The molecule has 0 radical (unpaired) electrons. The highest BCUT2D eigenvalue weighted by atomic mass is 16.5. The molecule has 8 saturated carbocycles. The number of Topliss-reactive ketones (excluding diaryl/α,β-unsaturated/α-hetero) is 2. The minimum absolute atomic E-state index is 0.00302. The number of hydrogen-bond acceptors (Lipinski definition) is 21. The number of benzene rings is 4. The van der Waals surface area contributed by atoms with Gasteiger partial charge < -0.3 is 54.6 Å². The maximum absolute atomic E-state index is 13.8. The Balaban J connectivity index is 0.000000130. The van der Waals surface area contributed by atoms with Crippen molar-refractivity contribution in [1.29, 1.82) is 0 Å². The summed E-state index contributed by atoms with van der Waals surface area (Å²) in [5.74, 6) is 2.78. The number of aromatic nitrogens is 8. The normalized spacial score (nSPS) is 26.7. The molecule has 12 fully saturated rings. The molecule has 4 spiro atoms. The first-order chi connectivity index (χ1) is 68.6. The number of ketones is 2. The second-order valence-corrected chi connectivity index (χ2v) is 43.8. The van der Waals surface area contributed by atoms with E-state index in [0.717, 1.165) is 134 Å². The predicted molar refractivity (Wildman–Crippen MR) is 545 cm³/mol. The van der Waals surface area contributed by atoms with E-state index in [-0.39, 0.29) is 131 Å². The van der Waals surface area contributed by atoms with Gasteiger partial charge in [-0.2, -0.15) is 15.3 Å². The third-order valence-electron chi connectivity index (χ3n) is 35.0. The molecular formula is C111H148N22O9. The summed E-state index contributed by atoms with van der Waals surface area (Å²) in [5.41, 5.74) is 6.45. The van der Waals surface area contributed by atoms with Crippen molar-refractivity contribution >= 4 is 59.0 Å². The molecule has 8 aromatic rings. The smallest absolute Gasteiger partial charge is 0.321 e. The summed E-state index contributed by atoms with van der Waals surface area (Å²) >= 11 is 0. The maximum Gasteiger partial charge on any atom is 0.321 e. The zero-order chi connectivity index (χ0) is 99.4. The van der Waals surface area contributed by atoms with Gasteiger partial charge in [0, 0.05) is 106 Å². The van der Waals surface area contributed by atoms with E-state index in [1.807, 2.05) is 4.90 Å². The third-order valence-corrected chi connectivity index (χ3v) is 35.0. The van der Waals surface area contributed by atoms with Gasteiger partial charge in [-0.05, 0) is 280 Å². The van der Waals surface area contributed by atoms with Crippen LogP contribution in [0.4, 0.5) is 30.7 Å². The van der Waals surface area contributed by atoms with Crippen molar-refractivity contribution in [3.8, 4) is 5.88 Å². The van der Waals surface area contributed by atoms with Crippen molar-refractivity contribution in [3.05, 3.63) is 223 Å². The molecule has 4 aromatic heterocycles. The molecule has 4 aliphatic heterocycles. The third kappa shape index (κ3) is 21.8. The summed E-state index contributed by atoms with van der Waals surface area (Å²) in [7, 11) is 18.9. The molecule has 12 aliphatic rings. The lowest BCUT2D eigenvalue weighted by atomic mass is 9.68. The van der Waals surface area contributed by atoms with Crippen LogP contribution in [0.1, 0.15) is 213 Å². The monoisotopic (exact) mass is 1930 g/mol. The van der Waals surface area contributed by atoms with Crippen LogP contribution in [0.25, 0.3) is 0 Å². The molecule has 4 saturated heterocycles. The second-order valence-electron chi connectivity index (χ2n) is 43.8. The molecule has 31 nitrogen and oxygen atoms in total. The van der Waals surface area contributed by atoms with Gasteiger partial charge in [0.05, 0.1) is 72.6 Å². The van der Waals surface area contributed by atoms with Crippen LogP contribution in [0.2, 0.25) is 0 Å². The Morgan fingerprint density at radius 3 is 1.01 bits per heavy atom. The molecule has 4 aromatic carbocycles. The lowest BCUT2D eigenvalue weighted by molar-refractivity contribution is -0.119. The number of carbonyl (C=O) groups is 8. The minimum atomic E-state index is -0.234. The van der Waals surface area contributed by atoms with Crippen molar-refractivity contribution < 1.29 is 43.1 Å². The van der Waals surface area contributed by atoms with Crippen molar-refractivity contribution in [3.63, 3.8) is 0 Å². The number of amides is 10. The first-order valence-corrected chi connectivity index (χ1v) is 52.1. The van der Waals surface area contributed by atoms with Gasteiger partial charge in [-0.25, -0.2) is 39.1 Å². The van der Waals surface area contributed by atoms with E-state index in [1.165, 1.54) is 124 Å². The molecule has 8 heterocycles. The van der Waals surface area contributed by atoms with Gasteiger partial charge in [-0.3, -0.25) is 38.8 Å². The summed E-state index contributed by atoms with van der Waals surface area (Å²) < 4.78 is 5.16. The number of nitrogens with zero attached hydrogens (tertiary/aromatic N) is 20. The fourth-order valence-electron chi connectivity index (χ4n) is 25.5. The van der Waals surface area contributed by atoms with Crippen molar-refractivity contribution in [1.82, 2.24) is 99.1 Å². The van der Waals surface area contributed by atoms with E-state index >= 15 is 0 Å². The van der Waals surface area contributed by atoms with Crippen LogP contribution in [0.15, 0.2) is 189 Å². The van der Waals surface area contributed by atoms with Gasteiger partial charge >= 0.3 is 24.1 Å². The van der Waals surface area contributed by atoms with Crippen molar-refractivity contribution in [2.75, 3.05) is 153 Å². The lowest BCUT2D eigenvalue weighted by Crippen LogP contribution is -2.56. The Labute approximate surface area is 838 Å². The fourth-order valence-corrected chi connectivity index (χ4v) is 25.5. The highest BCUT2D eigenvalue weighted by molar-refractivity contribution is 5.96. The van der Waals surface area contributed by atoms with Crippen LogP contribution in [-0.2, 0) is 54.2 Å². The summed E-state index contributed by atoms with van der Waals surface area (Å²) in [4.78, 5) is 148. The Kier molecular flexibility index (Phi) is 31.6. The molecule has 756 valence electrons. The van der Waals surface area contributed by atoms with Gasteiger partial charge in [0.15, 0.2) is 17.4 Å². The summed E-state index contributed by atoms with van der Waals surface area (Å²) in [6.07, 6.45) is 41.3. The SMILES string of the molecule is CN(C)C1(c2ccccc2)CCC2(CC1)CN(CC(=O)Cc1cncnc1)C(=O)N2CC1CCC1.CN(C)C1(c2ccccc2)CCC2(CC1)CN(CC(=O)Nc1cccnn1)C(=O)N2CC1CCC1.CN(C)C1(c2ccccc2)CCC2(CC1)CN(CC(=O)Nc1ccnnc1)C(=O)N2CC1CCC1.COc1cc(CC(=O)CN2CC3(CCC(c4ccccc4)(N(C)C)CC3)N(CC3CCC3)C2=O)ncn1. The first kappa shape index (κ1) is 102. The van der Waals surface area contributed by atoms with Crippen molar-refractivity contribution in [2.45, 2.75) is 237 Å². The summed E-state index contributed by atoms with van der Waals surface area (Å²) in [5, 5.41) is 20.9. The Morgan fingerprint density at radius 1 is 0.366 bits per heavy atom. The molecule has 142 heavy (non-hydrogen) atoms. The molecule has 0 bridgehead atoms. The molecular weight excluding hydrogens is 1790 g/mol. The number of methoxy groups -OCH3 is 1. The Morgan fingerprint density at radius 2 is 0.704 bits per heavy atom. The highest BCUT2D eigenvalue weighted by Gasteiger charge is 2.61. The standard InChI is InChI=1S/C29H39N5O3.C28H37N5O2.2C27H36N6O2/c1-32(2)29(23-10-5-4-6-11-23)14-12-28(13-15-29)20-33(27(36)34(28)18-22-8-7-9-22)19-25(35)16-24-17-26(37-3)31-21-30-24;1-31(2)28(24-9-4-3-5-10-24)13-11-27(12-14-28)20-32(26(35)33(27)18-22-7-6-8-22)19-25(34)15-23-16-29-21-30-17-23;1-31(2)27(22-10-4-3-5-11-22)15-13-26(14-16-27)20-32(25(35)33(26)18-21-8-6-9-21)19-24(34)29-23-12-7-17-28-30-23;1-31(2)27(22-9-4-3-5-10-22)14-12-26(13-15-27)20-32(25(35)33(26)18-21-7-6-8-21)19-24(34)30-23-11-16-28-29-17-23/h4-6,10-11,17,21-22H,7-9,12-16,18-20H2,1-3H3;3-5,9-10,16-17,21-22H,6-8,11-15,18-20H2,1-2H3;3-5,7,10-12,17,21H,6,8-9,13-16,18-20H2,1-2H3,(H,29,30,34);3-5,9-11,16-17,21H,6-8,12-15,18-20H2,1-2H3,(H,28,30,34). The van der Waals surface area contributed by atoms with E-state index in [1.54, 1.807) is 64.7 Å². The summed E-state index contributed by atoms with van der Waals surface area (Å²) in [6, 6.07) is 50.0. The van der Waals surface area contributed by atoms with Crippen LogP contribution in [0.3, 0.4) is 0 Å².